The van der Waals surface area contributed by atoms with Gasteiger partial charge in [0.05, 0.1) is 43.5 Å². The number of halogens is 1. The van der Waals surface area contributed by atoms with Gasteiger partial charge >= 0.3 is 29.6 Å². The van der Waals surface area contributed by atoms with Crippen molar-refractivity contribution in [3.63, 3.8) is 0 Å². The molecule has 3 aromatic carbocycles. The molecular formula is C21H13ClNNaO7S. The smallest absolute Gasteiger partial charge is 0.744 e. The third-order valence-corrected chi connectivity index (χ3v) is 6.09. The Morgan fingerprint density at radius 2 is 1.38 bits per heavy atom. The summed E-state index contributed by atoms with van der Waals surface area (Å²) in [6, 6.07) is 8.91. The van der Waals surface area contributed by atoms with E-state index >= 15 is 0 Å². The molecule has 0 fully saturated rings. The van der Waals surface area contributed by atoms with Crippen molar-refractivity contribution in [1.82, 2.24) is 0 Å². The Bertz CT molecular complexity index is 1420. The maximum atomic E-state index is 13.2. The van der Waals surface area contributed by atoms with Gasteiger partial charge in [0, 0.05) is 0 Å². The van der Waals surface area contributed by atoms with E-state index in [9.17, 15) is 32.8 Å². The number of aryl methyl sites for hydroxylation is 1. The Kier molecular flexibility index (Phi) is 6.45. The van der Waals surface area contributed by atoms with Crippen LogP contribution < -0.4 is 34.9 Å². The van der Waals surface area contributed by atoms with Gasteiger partial charge in [0.1, 0.15) is 21.6 Å². The van der Waals surface area contributed by atoms with E-state index in [2.05, 4.69) is 5.32 Å². The molecule has 0 heterocycles. The van der Waals surface area contributed by atoms with Gasteiger partial charge in [0.2, 0.25) is 5.78 Å². The molecule has 0 unspecified atom stereocenters. The van der Waals surface area contributed by atoms with Crippen LogP contribution in [0.5, 0.6) is 11.5 Å². The van der Waals surface area contributed by atoms with Crippen LogP contribution in [0, 0.1) is 6.92 Å². The van der Waals surface area contributed by atoms with Crippen molar-refractivity contribution < 1.29 is 62.3 Å². The number of hydrogen-bond donors (Lipinski definition) is 3. The van der Waals surface area contributed by atoms with Gasteiger partial charge < -0.3 is 20.1 Å². The number of fused-ring (bicyclic) bond motifs is 2. The minimum Gasteiger partial charge on any atom is -0.744 e. The van der Waals surface area contributed by atoms with Crippen LogP contribution in [0.3, 0.4) is 0 Å². The SMILES string of the molecule is Cc1ccc(Nc2ccc(Cl)c3c2C(=O)c2c(O)ccc(O)c2C3=O)c(S(=O)(=O)[O-])c1.[Na+]. The van der Waals surface area contributed by atoms with Crippen molar-refractivity contribution in [1.29, 1.82) is 0 Å². The van der Waals surface area contributed by atoms with E-state index in [4.69, 9.17) is 11.6 Å². The fraction of sp³-hybridized carbons (Fsp3) is 0.0476. The number of nitrogens with one attached hydrogen (secondary N) is 1. The number of benzene rings is 3. The molecule has 0 radical (unpaired) electrons. The van der Waals surface area contributed by atoms with Crippen LogP contribution in [-0.4, -0.2) is 34.8 Å². The van der Waals surface area contributed by atoms with Crippen molar-refractivity contribution in [3.05, 3.63) is 75.3 Å². The van der Waals surface area contributed by atoms with Crippen molar-refractivity contribution in [2.24, 2.45) is 0 Å². The Balaban J connectivity index is 0.00000289. The molecule has 0 spiro atoms. The van der Waals surface area contributed by atoms with Crippen molar-refractivity contribution in [3.8, 4) is 11.5 Å². The Morgan fingerprint density at radius 3 is 1.94 bits per heavy atom. The van der Waals surface area contributed by atoms with Crippen LogP contribution in [-0.2, 0) is 10.1 Å². The topological polar surface area (TPSA) is 144 Å². The summed E-state index contributed by atoms with van der Waals surface area (Å²) in [5, 5.41) is 22.9. The molecule has 0 bridgehead atoms. The number of hydrogen-bond acceptors (Lipinski definition) is 8. The van der Waals surface area contributed by atoms with E-state index in [1.165, 1.54) is 24.3 Å². The maximum Gasteiger partial charge on any atom is 1.00 e. The van der Waals surface area contributed by atoms with Gasteiger partial charge in [-0.1, -0.05) is 17.7 Å². The Hall–Kier alpha value is -2.40. The van der Waals surface area contributed by atoms with E-state index in [1.807, 2.05) is 0 Å². The first-order valence-corrected chi connectivity index (χ1v) is 10.6. The first-order valence-electron chi connectivity index (χ1n) is 8.81. The second-order valence-electron chi connectivity index (χ2n) is 6.94. The van der Waals surface area contributed by atoms with E-state index in [0.29, 0.717) is 5.56 Å². The molecule has 8 nitrogen and oxygen atoms in total. The van der Waals surface area contributed by atoms with Gasteiger partial charge in [-0.15, -0.1) is 0 Å². The molecule has 3 aromatic rings. The van der Waals surface area contributed by atoms with E-state index < -0.39 is 43.6 Å². The van der Waals surface area contributed by atoms with Gasteiger partial charge in [-0.25, -0.2) is 8.42 Å². The Labute approximate surface area is 209 Å². The minimum absolute atomic E-state index is 0. The Morgan fingerprint density at radius 1 is 0.844 bits per heavy atom. The fourth-order valence-corrected chi connectivity index (χ4v) is 4.48. The molecule has 1 aliphatic carbocycles. The largest absolute Gasteiger partial charge is 1.00 e. The number of rotatable bonds is 3. The molecule has 0 aliphatic heterocycles. The van der Waals surface area contributed by atoms with Gasteiger partial charge in [-0.3, -0.25) is 9.59 Å². The van der Waals surface area contributed by atoms with Gasteiger partial charge in [-0.05, 0) is 48.9 Å². The summed E-state index contributed by atoms with van der Waals surface area (Å²) in [6.45, 7) is 1.61. The van der Waals surface area contributed by atoms with Crippen LogP contribution in [0.1, 0.15) is 37.4 Å². The molecular weight excluding hydrogens is 469 g/mol. The first-order chi connectivity index (χ1) is 14.5. The first kappa shape index (κ1) is 24.2. The second kappa shape index (κ2) is 8.51. The average Bonchev–Trinajstić information content (AvgIpc) is 2.69. The molecule has 32 heavy (non-hydrogen) atoms. The third kappa shape index (κ3) is 3.92. The molecule has 0 saturated carbocycles. The van der Waals surface area contributed by atoms with E-state index in [-0.39, 0.29) is 62.6 Å². The van der Waals surface area contributed by atoms with Crippen molar-refractivity contribution in [2.75, 3.05) is 5.32 Å². The van der Waals surface area contributed by atoms with E-state index in [1.54, 1.807) is 13.0 Å². The summed E-state index contributed by atoms with van der Waals surface area (Å²) in [5.41, 5.74) is -0.794. The second-order valence-corrected chi connectivity index (χ2v) is 8.69. The average molecular weight is 482 g/mol. The van der Waals surface area contributed by atoms with Gasteiger partial charge in [0.25, 0.3) is 0 Å². The normalized spacial score (nSPS) is 12.6. The molecule has 11 heteroatoms. The molecule has 0 amide bonds. The van der Waals surface area contributed by atoms with Crippen LogP contribution in [0.15, 0.2) is 47.4 Å². The third-order valence-electron chi connectivity index (χ3n) is 4.90. The number of carbonyl (C=O) groups is 2. The van der Waals surface area contributed by atoms with E-state index in [0.717, 1.165) is 12.1 Å². The van der Waals surface area contributed by atoms with Crippen LogP contribution in [0.2, 0.25) is 5.02 Å². The maximum absolute atomic E-state index is 13.2. The summed E-state index contributed by atoms with van der Waals surface area (Å²) < 4.78 is 35.1. The van der Waals surface area contributed by atoms with Crippen molar-refractivity contribution >= 4 is 44.7 Å². The predicted octanol–water partition coefficient (Wildman–Crippen LogP) is 0.487. The molecule has 158 valence electrons. The summed E-state index contributed by atoms with van der Waals surface area (Å²) in [6.07, 6.45) is 0. The van der Waals surface area contributed by atoms with Crippen LogP contribution >= 0.6 is 11.6 Å². The van der Waals surface area contributed by atoms with Gasteiger partial charge in [0.15, 0.2) is 5.78 Å². The number of carbonyl (C=O) groups excluding carboxylic acids is 2. The number of aromatic hydroxyl groups is 2. The molecule has 4 rings (SSSR count). The summed E-state index contributed by atoms with van der Waals surface area (Å²) in [4.78, 5) is 25.7. The zero-order valence-corrected chi connectivity index (χ0v) is 20.3. The van der Waals surface area contributed by atoms with Crippen molar-refractivity contribution in [2.45, 2.75) is 11.8 Å². The minimum atomic E-state index is -4.85. The zero-order chi connectivity index (χ0) is 22.7. The van der Waals surface area contributed by atoms with Crippen LogP contribution in [0.4, 0.5) is 11.4 Å². The monoisotopic (exact) mass is 481 g/mol. The fourth-order valence-electron chi connectivity index (χ4n) is 3.51. The van der Waals surface area contributed by atoms with Crippen LogP contribution in [0.25, 0.3) is 0 Å². The van der Waals surface area contributed by atoms with Gasteiger partial charge in [-0.2, -0.15) is 0 Å². The quantitative estimate of drug-likeness (QED) is 0.218. The molecule has 0 aromatic heterocycles. The summed E-state index contributed by atoms with van der Waals surface area (Å²) >= 11 is 6.17. The number of phenols is 2. The number of phenolic OH excluding ortho intramolecular Hbond substituents is 2. The predicted molar refractivity (Wildman–Crippen MR) is 111 cm³/mol. The number of ketones is 2. The summed E-state index contributed by atoms with van der Waals surface area (Å²) in [5.74, 6) is -2.60. The molecule has 1 aliphatic rings. The molecule has 0 saturated heterocycles. The number of anilines is 2. The summed E-state index contributed by atoms with van der Waals surface area (Å²) in [7, 11) is -4.85. The zero-order valence-electron chi connectivity index (χ0n) is 16.8. The molecule has 0 atom stereocenters. The standard InChI is InChI=1S/C21H14ClNO7S.Na/c1-9-2-4-11(15(8-9)31(28,29)30)23-12-5-3-10(22)16-17(12)21(27)19-14(25)7-6-13(24)18(19)20(16)26;/h2-8,23-25H,1H3,(H,28,29,30);/q;+1/p-1. The molecule has 3 N–H and O–H groups in total.